The first-order chi connectivity index (χ1) is 15.3. The second-order valence-corrected chi connectivity index (χ2v) is 9.47. The summed E-state index contributed by atoms with van der Waals surface area (Å²) in [5.41, 5.74) is 3.06. The summed E-state index contributed by atoms with van der Waals surface area (Å²) in [5.74, 6) is 0.171. The minimum absolute atomic E-state index is 0.0733. The van der Waals surface area contributed by atoms with Crippen molar-refractivity contribution in [1.82, 2.24) is 4.72 Å². The number of carbonyl (C=O) groups excluding carboxylic acids is 1. The molecule has 0 radical (unpaired) electrons. The highest BCUT2D eigenvalue weighted by Crippen LogP contribution is 2.25. The Morgan fingerprint density at radius 2 is 1.66 bits per heavy atom. The fraction of sp³-hybridized carbons (Fsp3) is 0.240. The molecule has 6 nitrogen and oxygen atoms in total. The van der Waals surface area contributed by atoms with E-state index in [1.165, 1.54) is 24.8 Å². The van der Waals surface area contributed by atoms with Crippen molar-refractivity contribution in [3.05, 3.63) is 89.5 Å². The molecule has 7 heteroatoms. The van der Waals surface area contributed by atoms with Crippen LogP contribution in [0.2, 0.25) is 0 Å². The van der Waals surface area contributed by atoms with E-state index in [9.17, 15) is 13.2 Å². The highest BCUT2D eigenvalue weighted by atomic mass is 32.2. The first-order valence-corrected chi connectivity index (χ1v) is 11.9. The number of hydrogen-bond acceptors (Lipinski definition) is 4. The van der Waals surface area contributed by atoms with Crippen LogP contribution in [0.1, 0.15) is 41.3 Å². The average Bonchev–Trinajstić information content (AvgIpc) is 2.79. The van der Waals surface area contributed by atoms with Gasteiger partial charge in [-0.1, -0.05) is 56.3 Å². The van der Waals surface area contributed by atoms with Crippen LogP contribution in [0.4, 0.5) is 5.69 Å². The van der Waals surface area contributed by atoms with Gasteiger partial charge in [0.15, 0.2) is 0 Å². The van der Waals surface area contributed by atoms with Crippen molar-refractivity contribution >= 4 is 21.6 Å². The Morgan fingerprint density at radius 1 is 0.969 bits per heavy atom. The molecular weight excluding hydrogens is 424 g/mol. The molecular formula is C25H28N2O4S. The minimum Gasteiger partial charge on any atom is -0.495 e. The van der Waals surface area contributed by atoms with Crippen molar-refractivity contribution in [3.63, 3.8) is 0 Å². The van der Waals surface area contributed by atoms with Gasteiger partial charge < -0.3 is 10.1 Å². The molecule has 0 heterocycles. The first-order valence-electron chi connectivity index (χ1n) is 10.4. The molecule has 168 valence electrons. The number of ether oxygens (including phenoxy) is 1. The van der Waals surface area contributed by atoms with Crippen LogP contribution in [-0.4, -0.2) is 28.0 Å². The topological polar surface area (TPSA) is 84.5 Å². The van der Waals surface area contributed by atoms with Crippen molar-refractivity contribution in [1.29, 1.82) is 0 Å². The molecule has 2 N–H and O–H groups in total. The maximum Gasteiger partial charge on any atom is 0.255 e. The first kappa shape index (κ1) is 23.5. The molecule has 0 unspecified atom stereocenters. The van der Waals surface area contributed by atoms with Gasteiger partial charge in [0.1, 0.15) is 10.6 Å². The summed E-state index contributed by atoms with van der Waals surface area (Å²) in [5, 5.41) is 2.81. The monoisotopic (exact) mass is 452 g/mol. The Hall–Kier alpha value is -3.16. The normalized spacial score (nSPS) is 11.4. The third-order valence-electron chi connectivity index (χ3n) is 5.10. The third-order valence-corrected chi connectivity index (χ3v) is 6.58. The zero-order valence-corrected chi connectivity index (χ0v) is 19.3. The lowest BCUT2D eigenvalue weighted by molar-refractivity contribution is 0.102. The van der Waals surface area contributed by atoms with Crippen LogP contribution in [0.5, 0.6) is 5.75 Å². The molecule has 0 aliphatic rings. The van der Waals surface area contributed by atoms with Gasteiger partial charge in [-0.25, -0.2) is 13.1 Å². The van der Waals surface area contributed by atoms with Gasteiger partial charge in [-0.3, -0.25) is 4.79 Å². The number of rotatable bonds is 9. The number of amides is 1. The molecule has 32 heavy (non-hydrogen) atoms. The number of sulfonamides is 1. The van der Waals surface area contributed by atoms with Crippen molar-refractivity contribution in [3.8, 4) is 5.75 Å². The van der Waals surface area contributed by atoms with E-state index in [-0.39, 0.29) is 22.8 Å². The van der Waals surface area contributed by atoms with Gasteiger partial charge in [-0.2, -0.15) is 0 Å². The SMILES string of the molecule is COc1ccc(C(=O)Nc2ccc(C(C)C)cc2)cc1S(=O)(=O)NCCc1ccccc1. The third kappa shape index (κ3) is 5.96. The highest BCUT2D eigenvalue weighted by molar-refractivity contribution is 7.89. The molecule has 3 aromatic carbocycles. The Morgan fingerprint density at radius 3 is 2.28 bits per heavy atom. The summed E-state index contributed by atoms with van der Waals surface area (Å²) >= 11 is 0. The molecule has 0 saturated carbocycles. The lowest BCUT2D eigenvalue weighted by atomic mass is 10.0. The number of hydrogen-bond donors (Lipinski definition) is 2. The van der Waals surface area contributed by atoms with E-state index in [1.807, 2.05) is 54.6 Å². The summed E-state index contributed by atoms with van der Waals surface area (Å²) in [7, 11) is -2.48. The van der Waals surface area contributed by atoms with Crippen LogP contribution in [0.3, 0.4) is 0 Å². The molecule has 0 saturated heterocycles. The number of anilines is 1. The standard InChI is InChI=1S/C25H28N2O4S/c1-18(2)20-9-12-22(13-10-20)27-25(28)21-11-14-23(31-3)24(17-21)32(29,30)26-16-15-19-7-5-4-6-8-19/h4-14,17-18,26H,15-16H2,1-3H3,(H,27,28). The molecule has 0 atom stereocenters. The number of benzene rings is 3. The van der Waals surface area contributed by atoms with Crippen molar-refractivity contribution < 1.29 is 17.9 Å². The maximum atomic E-state index is 12.9. The number of carbonyl (C=O) groups is 1. The van der Waals surface area contributed by atoms with E-state index in [4.69, 9.17) is 4.74 Å². The Kier molecular flexibility index (Phi) is 7.66. The molecule has 0 bridgehead atoms. The van der Waals surface area contributed by atoms with E-state index >= 15 is 0 Å². The Labute approximate surface area is 189 Å². The van der Waals surface area contributed by atoms with Crippen LogP contribution in [-0.2, 0) is 16.4 Å². The van der Waals surface area contributed by atoms with E-state index in [1.54, 1.807) is 6.07 Å². The van der Waals surface area contributed by atoms with Gasteiger partial charge in [-0.05, 0) is 53.8 Å². The lowest BCUT2D eigenvalue weighted by Crippen LogP contribution is -2.27. The van der Waals surface area contributed by atoms with Crippen LogP contribution in [0.25, 0.3) is 0 Å². The number of nitrogens with one attached hydrogen (secondary N) is 2. The summed E-state index contributed by atoms with van der Waals surface area (Å²) in [6.07, 6.45) is 0.551. The Balaban J connectivity index is 1.75. The smallest absolute Gasteiger partial charge is 0.255 e. The summed E-state index contributed by atoms with van der Waals surface area (Å²) in [6.45, 7) is 4.43. The highest BCUT2D eigenvalue weighted by Gasteiger charge is 2.21. The maximum absolute atomic E-state index is 12.9. The Bertz CT molecular complexity index is 1160. The van der Waals surface area contributed by atoms with E-state index in [0.717, 1.165) is 5.56 Å². The fourth-order valence-electron chi connectivity index (χ4n) is 3.23. The molecule has 0 aliphatic carbocycles. The predicted molar refractivity (Wildman–Crippen MR) is 127 cm³/mol. The zero-order valence-electron chi connectivity index (χ0n) is 18.5. The van der Waals surface area contributed by atoms with Crippen molar-refractivity contribution in [2.24, 2.45) is 0 Å². The van der Waals surface area contributed by atoms with E-state index < -0.39 is 15.9 Å². The zero-order chi connectivity index (χ0) is 23.1. The van der Waals surface area contributed by atoms with E-state index in [2.05, 4.69) is 23.9 Å². The summed E-state index contributed by atoms with van der Waals surface area (Å²) < 4.78 is 33.7. The minimum atomic E-state index is -3.87. The molecule has 0 fully saturated rings. The van der Waals surface area contributed by atoms with Gasteiger partial charge in [0.25, 0.3) is 5.91 Å². The van der Waals surface area contributed by atoms with Gasteiger partial charge in [-0.15, -0.1) is 0 Å². The van der Waals surface area contributed by atoms with Crippen LogP contribution in [0.15, 0.2) is 77.7 Å². The van der Waals surface area contributed by atoms with Crippen molar-refractivity contribution in [2.45, 2.75) is 31.1 Å². The second-order valence-electron chi connectivity index (χ2n) is 7.73. The van der Waals surface area contributed by atoms with Gasteiger partial charge in [0, 0.05) is 17.8 Å². The second kappa shape index (κ2) is 10.4. The van der Waals surface area contributed by atoms with Gasteiger partial charge in [0.2, 0.25) is 10.0 Å². The molecule has 0 aliphatic heterocycles. The molecule has 3 rings (SSSR count). The predicted octanol–water partition coefficient (Wildman–Crippen LogP) is 4.59. The van der Waals surface area contributed by atoms with Crippen LogP contribution < -0.4 is 14.8 Å². The van der Waals surface area contributed by atoms with Crippen LogP contribution >= 0.6 is 0 Å². The van der Waals surface area contributed by atoms with Crippen LogP contribution in [0, 0.1) is 0 Å². The van der Waals surface area contributed by atoms with Gasteiger partial charge >= 0.3 is 0 Å². The molecule has 1 amide bonds. The average molecular weight is 453 g/mol. The number of methoxy groups -OCH3 is 1. The van der Waals surface area contributed by atoms with Crippen molar-refractivity contribution in [2.75, 3.05) is 19.0 Å². The summed E-state index contributed by atoms with van der Waals surface area (Å²) in [4.78, 5) is 12.7. The largest absolute Gasteiger partial charge is 0.495 e. The molecule has 3 aromatic rings. The summed E-state index contributed by atoms with van der Waals surface area (Å²) in [6, 6.07) is 21.6. The molecule has 0 spiro atoms. The lowest BCUT2D eigenvalue weighted by Gasteiger charge is -2.13. The molecule has 0 aromatic heterocycles. The quantitative estimate of drug-likeness (QED) is 0.497. The fourth-order valence-corrected chi connectivity index (χ4v) is 4.46. The van der Waals surface area contributed by atoms with E-state index in [0.29, 0.717) is 18.0 Å². The van der Waals surface area contributed by atoms with Gasteiger partial charge in [0.05, 0.1) is 7.11 Å².